The van der Waals surface area contributed by atoms with Crippen LogP contribution in [0.25, 0.3) is 0 Å². The van der Waals surface area contributed by atoms with Crippen molar-refractivity contribution < 1.29 is 13.2 Å². The Morgan fingerprint density at radius 1 is 1.23 bits per heavy atom. The summed E-state index contributed by atoms with van der Waals surface area (Å²) >= 11 is 0. The molecule has 1 aliphatic heterocycles. The van der Waals surface area contributed by atoms with Crippen LogP contribution in [0, 0.1) is 5.92 Å². The van der Waals surface area contributed by atoms with E-state index in [0.717, 1.165) is 38.0 Å². The Morgan fingerprint density at radius 3 is 2.50 bits per heavy atom. The highest BCUT2D eigenvalue weighted by atomic mass is 32.2. The fourth-order valence-electron chi connectivity index (χ4n) is 3.06. The van der Waals surface area contributed by atoms with Crippen molar-refractivity contribution in [2.24, 2.45) is 5.92 Å². The summed E-state index contributed by atoms with van der Waals surface area (Å²) in [5, 5.41) is 10.7. The molecule has 2 amide bonds. The Kier molecular flexibility index (Phi) is 5.55. The van der Waals surface area contributed by atoms with Gasteiger partial charge in [0.25, 0.3) is 0 Å². The topological polar surface area (TPSA) is 97.2 Å². The van der Waals surface area contributed by atoms with E-state index in [-0.39, 0.29) is 10.9 Å². The lowest BCUT2D eigenvalue weighted by Gasteiger charge is -2.31. The molecular formula is C17H23N5O3S. The minimum Gasteiger partial charge on any atom is -0.334 e. The standard InChI is InChI=1S/C17H23N5O3S/c1-26(24,25)16-4-2-14(3-5-16)12-18-17(23)21-9-6-15(7-10-21)13-22-11-8-19-20-22/h2-5,8,11,15H,6-7,9-10,12-13H2,1H3,(H,18,23). The van der Waals surface area contributed by atoms with Gasteiger partial charge in [0.05, 0.1) is 11.1 Å². The first-order valence-electron chi connectivity index (χ1n) is 8.58. The number of rotatable bonds is 5. The zero-order valence-corrected chi connectivity index (χ0v) is 15.5. The molecule has 0 radical (unpaired) electrons. The summed E-state index contributed by atoms with van der Waals surface area (Å²) in [4.78, 5) is 14.4. The van der Waals surface area contributed by atoms with E-state index >= 15 is 0 Å². The van der Waals surface area contributed by atoms with E-state index in [0.29, 0.717) is 12.5 Å². The molecule has 2 heterocycles. The molecule has 0 saturated carbocycles. The summed E-state index contributed by atoms with van der Waals surface area (Å²) in [7, 11) is -3.20. The minimum atomic E-state index is -3.20. The van der Waals surface area contributed by atoms with E-state index in [2.05, 4.69) is 15.6 Å². The molecule has 9 heteroatoms. The molecule has 0 aliphatic carbocycles. The number of benzene rings is 1. The molecule has 1 aliphatic rings. The third-order valence-electron chi connectivity index (χ3n) is 4.61. The molecule has 1 fully saturated rings. The van der Waals surface area contributed by atoms with Crippen molar-refractivity contribution in [2.75, 3.05) is 19.3 Å². The van der Waals surface area contributed by atoms with E-state index in [1.165, 1.54) is 6.26 Å². The summed E-state index contributed by atoms with van der Waals surface area (Å²) in [5.41, 5.74) is 0.867. The maximum absolute atomic E-state index is 12.3. The summed E-state index contributed by atoms with van der Waals surface area (Å²) in [6.45, 7) is 2.65. The predicted octanol–water partition coefficient (Wildman–Crippen LogP) is 1.30. The zero-order chi connectivity index (χ0) is 18.6. The lowest BCUT2D eigenvalue weighted by molar-refractivity contribution is 0.163. The molecule has 1 saturated heterocycles. The van der Waals surface area contributed by atoms with Gasteiger partial charge in [-0.05, 0) is 36.5 Å². The Morgan fingerprint density at radius 2 is 1.92 bits per heavy atom. The van der Waals surface area contributed by atoms with Crippen molar-refractivity contribution >= 4 is 15.9 Å². The molecule has 0 atom stereocenters. The van der Waals surface area contributed by atoms with E-state index < -0.39 is 9.84 Å². The first-order chi connectivity index (χ1) is 12.4. The van der Waals surface area contributed by atoms with Crippen LogP contribution in [0.3, 0.4) is 0 Å². The highest BCUT2D eigenvalue weighted by Gasteiger charge is 2.23. The van der Waals surface area contributed by atoms with Crippen molar-refractivity contribution in [1.82, 2.24) is 25.2 Å². The number of piperidine rings is 1. The van der Waals surface area contributed by atoms with Gasteiger partial charge in [0.2, 0.25) is 0 Å². The van der Waals surface area contributed by atoms with Gasteiger partial charge < -0.3 is 10.2 Å². The lowest BCUT2D eigenvalue weighted by atomic mass is 9.97. The highest BCUT2D eigenvalue weighted by Crippen LogP contribution is 2.19. The monoisotopic (exact) mass is 377 g/mol. The van der Waals surface area contributed by atoms with Gasteiger partial charge in [-0.2, -0.15) is 0 Å². The first kappa shape index (κ1) is 18.4. The van der Waals surface area contributed by atoms with Crippen LogP contribution in [-0.2, 0) is 22.9 Å². The molecule has 0 bridgehead atoms. The van der Waals surface area contributed by atoms with Gasteiger partial charge in [0.15, 0.2) is 9.84 Å². The third-order valence-corrected chi connectivity index (χ3v) is 5.74. The summed E-state index contributed by atoms with van der Waals surface area (Å²) in [6.07, 6.45) is 6.59. The maximum atomic E-state index is 12.3. The third kappa shape index (κ3) is 4.81. The number of amides is 2. The number of likely N-dealkylation sites (tertiary alicyclic amines) is 1. The average molecular weight is 377 g/mol. The number of urea groups is 1. The zero-order valence-electron chi connectivity index (χ0n) is 14.7. The SMILES string of the molecule is CS(=O)(=O)c1ccc(CNC(=O)N2CCC(Cn3ccnn3)CC2)cc1. The van der Waals surface area contributed by atoms with Gasteiger partial charge in [-0.1, -0.05) is 17.3 Å². The Bertz CT molecular complexity index is 826. The second-order valence-electron chi connectivity index (χ2n) is 6.63. The van der Waals surface area contributed by atoms with Gasteiger partial charge in [-0.15, -0.1) is 5.10 Å². The van der Waals surface area contributed by atoms with Crippen LogP contribution in [-0.4, -0.2) is 53.7 Å². The summed E-state index contributed by atoms with van der Waals surface area (Å²) in [6, 6.07) is 6.48. The normalized spacial score (nSPS) is 15.8. The molecule has 1 aromatic carbocycles. The molecule has 0 spiro atoms. The Hall–Kier alpha value is -2.42. The van der Waals surface area contributed by atoms with E-state index in [4.69, 9.17) is 0 Å². The van der Waals surface area contributed by atoms with Crippen LogP contribution in [0.1, 0.15) is 18.4 Å². The smallest absolute Gasteiger partial charge is 0.317 e. The van der Waals surface area contributed by atoms with E-state index in [1.807, 2.05) is 15.8 Å². The van der Waals surface area contributed by atoms with E-state index in [1.54, 1.807) is 30.5 Å². The number of nitrogens with zero attached hydrogens (tertiary/aromatic N) is 4. The van der Waals surface area contributed by atoms with Crippen LogP contribution >= 0.6 is 0 Å². The first-order valence-corrected chi connectivity index (χ1v) is 10.5. The molecule has 0 unspecified atom stereocenters. The lowest BCUT2D eigenvalue weighted by Crippen LogP contribution is -2.44. The molecule has 26 heavy (non-hydrogen) atoms. The van der Waals surface area contributed by atoms with Gasteiger partial charge in [0.1, 0.15) is 0 Å². The van der Waals surface area contributed by atoms with Crippen molar-refractivity contribution in [3.05, 3.63) is 42.2 Å². The van der Waals surface area contributed by atoms with Crippen LogP contribution in [0.5, 0.6) is 0 Å². The molecule has 8 nitrogen and oxygen atoms in total. The van der Waals surface area contributed by atoms with Crippen LogP contribution in [0.15, 0.2) is 41.6 Å². The average Bonchev–Trinajstić information content (AvgIpc) is 3.13. The van der Waals surface area contributed by atoms with Crippen LogP contribution < -0.4 is 5.32 Å². The minimum absolute atomic E-state index is 0.0867. The van der Waals surface area contributed by atoms with Gasteiger partial charge >= 0.3 is 6.03 Å². The van der Waals surface area contributed by atoms with Gasteiger partial charge in [-0.25, -0.2) is 13.2 Å². The number of carbonyl (C=O) groups excluding carboxylic acids is 1. The quantitative estimate of drug-likeness (QED) is 0.847. The largest absolute Gasteiger partial charge is 0.334 e. The van der Waals surface area contributed by atoms with Crippen LogP contribution in [0.2, 0.25) is 0 Å². The Balaban J connectivity index is 1.44. The van der Waals surface area contributed by atoms with Crippen molar-refractivity contribution in [1.29, 1.82) is 0 Å². The number of carbonyl (C=O) groups is 1. The molecule has 1 N–H and O–H groups in total. The number of sulfone groups is 1. The van der Waals surface area contributed by atoms with Crippen molar-refractivity contribution in [3.8, 4) is 0 Å². The highest BCUT2D eigenvalue weighted by molar-refractivity contribution is 7.90. The molecule has 2 aromatic rings. The number of hydrogen-bond donors (Lipinski definition) is 1. The van der Waals surface area contributed by atoms with Crippen molar-refractivity contribution in [3.63, 3.8) is 0 Å². The number of nitrogens with one attached hydrogen (secondary N) is 1. The second-order valence-corrected chi connectivity index (χ2v) is 8.65. The van der Waals surface area contributed by atoms with Gasteiger partial charge in [0, 0.05) is 38.6 Å². The maximum Gasteiger partial charge on any atom is 0.317 e. The molecule has 140 valence electrons. The fraction of sp³-hybridized carbons (Fsp3) is 0.471. The second kappa shape index (κ2) is 7.86. The van der Waals surface area contributed by atoms with Gasteiger partial charge in [-0.3, -0.25) is 4.68 Å². The predicted molar refractivity (Wildman–Crippen MR) is 96.1 cm³/mol. The Labute approximate surface area is 153 Å². The summed E-state index contributed by atoms with van der Waals surface area (Å²) < 4.78 is 24.7. The molecule has 3 rings (SSSR count). The fourth-order valence-corrected chi connectivity index (χ4v) is 3.69. The number of aromatic nitrogens is 3. The number of hydrogen-bond acceptors (Lipinski definition) is 5. The summed E-state index contributed by atoms with van der Waals surface area (Å²) in [5.74, 6) is 0.504. The van der Waals surface area contributed by atoms with Crippen LogP contribution in [0.4, 0.5) is 4.79 Å². The molecule has 1 aromatic heterocycles. The van der Waals surface area contributed by atoms with E-state index in [9.17, 15) is 13.2 Å². The van der Waals surface area contributed by atoms with Crippen molar-refractivity contribution in [2.45, 2.75) is 30.8 Å². The molecular weight excluding hydrogens is 354 g/mol.